The van der Waals surface area contributed by atoms with Crippen LogP contribution < -0.4 is 0 Å². The van der Waals surface area contributed by atoms with Gasteiger partial charge in [0.15, 0.2) is 0 Å². The lowest BCUT2D eigenvalue weighted by Gasteiger charge is -2.16. The van der Waals surface area contributed by atoms with E-state index in [1.807, 2.05) is 0 Å². The molecule has 1 N–H and O–H groups in total. The summed E-state index contributed by atoms with van der Waals surface area (Å²) in [5.41, 5.74) is 0.746. The SMILES string of the molecule is COCc1cccc(S(=O)(=O)N(C)CCC(=O)O)c1. The van der Waals surface area contributed by atoms with Crippen molar-refractivity contribution in [3.63, 3.8) is 0 Å². The molecule has 0 saturated heterocycles. The molecule has 0 saturated carbocycles. The van der Waals surface area contributed by atoms with Crippen molar-refractivity contribution in [3.05, 3.63) is 29.8 Å². The zero-order valence-electron chi connectivity index (χ0n) is 10.9. The zero-order valence-corrected chi connectivity index (χ0v) is 11.7. The van der Waals surface area contributed by atoms with Crippen molar-refractivity contribution in [2.24, 2.45) is 0 Å². The predicted octanol–water partition coefficient (Wildman–Crippen LogP) is 0.928. The third-order valence-corrected chi connectivity index (χ3v) is 4.41. The van der Waals surface area contributed by atoms with Crippen molar-refractivity contribution < 1.29 is 23.1 Å². The maximum absolute atomic E-state index is 12.2. The Bertz CT molecular complexity index is 541. The molecule has 0 aliphatic carbocycles. The number of benzene rings is 1. The van der Waals surface area contributed by atoms with Crippen LogP contribution in [-0.4, -0.2) is 44.5 Å². The van der Waals surface area contributed by atoms with Gasteiger partial charge in [-0.25, -0.2) is 12.7 Å². The number of nitrogens with zero attached hydrogens (tertiary/aromatic N) is 1. The van der Waals surface area contributed by atoms with Gasteiger partial charge < -0.3 is 9.84 Å². The average Bonchev–Trinajstić information content (AvgIpc) is 2.36. The van der Waals surface area contributed by atoms with E-state index in [2.05, 4.69) is 0 Å². The van der Waals surface area contributed by atoms with Crippen molar-refractivity contribution in [1.82, 2.24) is 4.31 Å². The second-order valence-electron chi connectivity index (χ2n) is 4.05. The number of hydrogen-bond acceptors (Lipinski definition) is 4. The third kappa shape index (κ3) is 4.30. The highest BCUT2D eigenvalue weighted by molar-refractivity contribution is 7.89. The van der Waals surface area contributed by atoms with Crippen LogP contribution in [-0.2, 0) is 26.2 Å². The van der Waals surface area contributed by atoms with Crippen LogP contribution in [0.1, 0.15) is 12.0 Å². The molecule has 0 fully saturated rings. The molecule has 19 heavy (non-hydrogen) atoms. The summed E-state index contributed by atoms with van der Waals surface area (Å²) >= 11 is 0. The molecule has 0 heterocycles. The summed E-state index contributed by atoms with van der Waals surface area (Å²) in [5, 5.41) is 8.57. The third-order valence-electron chi connectivity index (χ3n) is 2.56. The minimum Gasteiger partial charge on any atom is -0.481 e. The summed E-state index contributed by atoms with van der Waals surface area (Å²) in [4.78, 5) is 10.6. The molecule has 7 heteroatoms. The Labute approximate surface area is 112 Å². The maximum atomic E-state index is 12.2. The Balaban J connectivity index is 2.92. The lowest BCUT2D eigenvalue weighted by Crippen LogP contribution is -2.29. The van der Waals surface area contributed by atoms with Crippen LogP contribution in [0.15, 0.2) is 29.2 Å². The first-order valence-corrected chi connectivity index (χ1v) is 7.08. The quantitative estimate of drug-likeness (QED) is 0.806. The van der Waals surface area contributed by atoms with Gasteiger partial charge in [0.05, 0.1) is 17.9 Å². The first-order valence-electron chi connectivity index (χ1n) is 5.64. The number of carboxylic acids is 1. The minimum atomic E-state index is -3.66. The van der Waals surface area contributed by atoms with Crippen molar-refractivity contribution >= 4 is 16.0 Å². The number of carbonyl (C=O) groups is 1. The smallest absolute Gasteiger partial charge is 0.304 e. The van der Waals surface area contributed by atoms with Gasteiger partial charge in [-0.2, -0.15) is 0 Å². The van der Waals surface area contributed by atoms with Crippen LogP contribution in [0.2, 0.25) is 0 Å². The van der Waals surface area contributed by atoms with E-state index in [0.717, 1.165) is 9.87 Å². The summed E-state index contributed by atoms with van der Waals surface area (Å²) in [5.74, 6) is -1.03. The van der Waals surface area contributed by atoms with E-state index in [9.17, 15) is 13.2 Å². The van der Waals surface area contributed by atoms with E-state index in [4.69, 9.17) is 9.84 Å². The summed E-state index contributed by atoms with van der Waals surface area (Å²) in [6.45, 7) is 0.258. The molecule has 0 aliphatic rings. The number of carboxylic acid groups (broad SMARTS) is 1. The van der Waals surface area contributed by atoms with Crippen LogP contribution in [0, 0.1) is 0 Å². The van der Waals surface area contributed by atoms with Gasteiger partial charge in [-0.05, 0) is 17.7 Å². The highest BCUT2D eigenvalue weighted by Gasteiger charge is 2.21. The van der Waals surface area contributed by atoms with Crippen LogP contribution in [0.25, 0.3) is 0 Å². The van der Waals surface area contributed by atoms with Gasteiger partial charge in [-0.15, -0.1) is 0 Å². The molecule has 1 aromatic carbocycles. The molecule has 0 amide bonds. The van der Waals surface area contributed by atoms with E-state index in [0.29, 0.717) is 6.61 Å². The fourth-order valence-electron chi connectivity index (χ4n) is 1.52. The Morgan fingerprint density at radius 3 is 2.68 bits per heavy atom. The largest absolute Gasteiger partial charge is 0.481 e. The lowest BCUT2D eigenvalue weighted by atomic mass is 10.2. The molecule has 106 valence electrons. The number of methoxy groups -OCH3 is 1. The van der Waals surface area contributed by atoms with Gasteiger partial charge in [0.25, 0.3) is 0 Å². The monoisotopic (exact) mass is 287 g/mol. The highest BCUT2D eigenvalue weighted by atomic mass is 32.2. The first-order chi connectivity index (χ1) is 8.87. The predicted molar refractivity (Wildman–Crippen MR) is 69.2 cm³/mol. The second-order valence-corrected chi connectivity index (χ2v) is 6.10. The van der Waals surface area contributed by atoms with Gasteiger partial charge in [-0.1, -0.05) is 12.1 Å². The standard InChI is InChI=1S/C12H17NO5S/c1-13(7-6-12(14)15)19(16,17)11-5-3-4-10(8-11)9-18-2/h3-5,8H,6-7,9H2,1-2H3,(H,14,15). The van der Waals surface area contributed by atoms with Gasteiger partial charge in [0, 0.05) is 20.7 Å². The van der Waals surface area contributed by atoms with E-state index in [1.54, 1.807) is 12.1 Å². The Morgan fingerprint density at radius 2 is 2.11 bits per heavy atom. The summed E-state index contributed by atoms with van der Waals surface area (Å²) in [6.07, 6.45) is -0.229. The highest BCUT2D eigenvalue weighted by Crippen LogP contribution is 2.16. The van der Waals surface area contributed by atoms with Crippen molar-refractivity contribution in [3.8, 4) is 0 Å². The van der Waals surface area contributed by atoms with Crippen molar-refractivity contribution in [2.45, 2.75) is 17.9 Å². The summed E-state index contributed by atoms with van der Waals surface area (Å²) in [7, 11) is -0.771. The number of hydrogen-bond donors (Lipinski definition) is 1. The number of aliphatic carboxylic acids is 1. The Hall–Kier alpha value is -1.44. The van der Waals surface area contributed by atoms with Crippen LogP contribution in [0.3, 0.4) is 0 Å². The molecule has 0 bridgehead atoms. The molecule has 6 nitrogen and oxygen atoms in total. The fourth-order valence-corrected chi connectivity index (χ4v) is 2.76. The molecular weight excluding hydrogens is 270 g/mol. The van der Waals surface area contributed by atoms with Gasteiger partial charge in [0.2, 0.25) is 10.0 Å². The van der Waals surface area contributed by atoms with Crippen LogP contribution in [0.5, 0.6) is 0 Å². The molecule has 1 rings (SSSR count). The van der Waals surface area contributed by atoms with Crippen molar-refractivity contribution in [2.75, 3.05) is 20.7 Å². The molecule has 0 unspecified atom stereocenters. The summed E-state index contributed by atoms with van der Waals surface area (Å²) < 4.78 is 30.4. The molecule has 0 aromatic heterocycles. The van der Waals surface area contributed by atoms with E-state index in [1.165, 1.54) is 26.3 Å². The van der Waals surface area contributed by atoms with Crippen molar-refractivity contribution in [1.29, 1.82) is 0 Å². The molecule has 0 spiro atoms. The zero-order chi connectivity index (χ0) is 14.5. The normalized spacial score (nSPS) is 11.7. The molecular formula is C12H17NO5S. The molecule has 0 aliphatic heterocycles. The van der Waals surface area contributed by atoms with Crippen LogP contribution >= 0.6 is 0 Å². The van der Waals surface area contributed by atoms with E-state index < -0.39 is 16.0 Å². The van der Waals surface area contributed by atoms with Gasteiger partial charge in [0.1, 0.15) is 0 Å². The van der Waals surface area contributed by atoms with E-state index in [-0.39, 0.29) is 17.9 Å². The molecule has 1 aromatic rings. The first kappa shape index (κ1) is 15.6. The molecule has 0 radical (unpaired) electrons. The number of rotatable bonds is 7. The number of ether oxygens (including phenoxy) is 1. The van der Waals surface area contributed by atoms with Crippen LogP contribution in [0.4, 0.5) is 0 Å². The molecule has 0 atom stereocenters. The summed E-state index contributed by atoms with van der Waals surface area (Å²) in [6, 6.07) is 6.40. The Kier molecular flexibility index (Phi) is 5.46. The minimum absolute atomic E-state index is 0.0633. The van der Waals surface area contributed by atoms with Gasteiger partial charge in [-0.3, -0.25) is 4.79 Å². The average molecular weight is 287 g/mol. The maximum Gasteiger partial charge on any atom is 0.304 e. The fraction of sp³-hybridized carbons (Fsp3) is 0.417. The topological polar surface area (TPSA) is 83.9 Å². The number of sulfonamides is 1. The lowest BCUT2D eigenvalue weighted by molar-refractivity contribution is -0.137. The Morgan fingerprint density at radius 1 is 1.42 bits per heavy atom. The van der Waals surface area contributed by atoms with Gasteiger partial charge >= 0.3 is 5.97 Å². The van der Waals surface area contributed by atoms with E-state index >= 15 is 0 Å². The second kappa shape index (κ2) is 6.65.